The SMILES string of the molecule is Cc1nc2ncnn2c(N2CCC(O)(c3nccn3C)CC2)c1C. The quantitative estimate of drug-likeness (QED) is 0.755. The van der Waals surface area contributed by atoms with Crippen molar-refractivity contribution < 1.29 is 5.11 Å². The van der Waals surface area contributed by atoms with Crippen LogP contribution in [0.2, 0.25) is 0 Å². The molecule has 0 radical (unpaired) electrons. The van der Waals surface area contributed by atoms with Crippen molar-refractivity contribution in [3.63, 3.8) is 0 Å². The second kappa shape index (κ2) is 5.27. The average Bonchev–Trinajstić information content (AvgIpc) is 3.19. The van der Waals surface area contributed by atoms with E-state index in [2.05, 4.69) is 31.9 Å². The molecule has 3 aromatic heterocycles. The van der Waals surface area contributed by atoms with Gasteiger partial charge in [-0.3, -0.25) is 0 Å². The summed E-state index contributed by atoms with van der Waals surface area (Å²) in [5.74, 6) is 2.35. The minimum Gasteiger partial charge on any atom is -0.382 e. The third kappa shape index (κ3) is 2.17. The highest BCUT2D eigenvalue weighted by Gasteiger charge is 2.38. The molecule has 0 saturated carbocycles. The van der Waals surface area contributed by atoms with Crippen LogP contribution < -0.4 is 4.90 Å². The Balaban J connectivity index is 1.66. The van der Waals surface area contributed by atoms with Crippen molar-refractivity contribution in [1.29, 1.82) is 0 Å². The van der Waals surface area contributed by atoms with E-state index in [0.717, 1.165) is 36.0 Å². The van der Waals surface area contributed by atoms with Gasteiger partial charge in [0, 0.05) is 56.6 Å². The van der Waals surface area contributed by atoms with Gasteiger partial charge in [0.1, 0.15) is 23.6 Å². The van der Waals surface area contributed by atoms with E-state index in [0.29, 0.717) is 18.6 Å². The Morgan fingerprint density at radius 1 is 1.17 bits per heavy atom. The number of aromatic nitrogens is 6. The lowest BCUT2D eigenvalue weighted by Crippen LogP contribution is -2.44. The van der Waals surface area contributed by atoms with E-state index in [1.165, 1.54) is 6.33 Å². The van der Waals surface area contributed by atoms with E-state index in [4.69, 9.17) is 0 Å². The van der Waals surface area contributed by atoms with Gasteiger partial charge in [-0.1, -0.05) is 0 Å². The first-order valence-electron chi connectivity index (χ1n) is 8.12. The highest BCUT2D eigenvalue weighted by molar-refractivity contribution is 5.54. The Labute approximate surface area is 139 Å². The molecule has 3 aromatic rings. The maximum absolute atomic E-state index is 11.0. The van der Waals surface area contributed by atoms with Gasteiger partial charge in [0.15, 0.2) is 0 Å². The number of imidazole rings is 1. The molecule has 0 aliphatic carbocycles. The van der Waals surface area contributed by atoms with Crippen molar-refractivity contribution in [2.45, 2.75) is 32.3 Å². The fourth-order valence-electron chi connectivity index (χ4n) is 3.51. The van der Waals surface area contributed by atoms with Crippen LogP contribution in [0.25, 0.3) is 5.78 Å². The molecule has 4 rings (SSSR count). The van der Waals surface area contributed by atoms with Crippen molar-refractivity contribution >= 4 is 11.6 Å². The van der Waals surface area contributed by atoms with Crippen molar-refractivity contribution in [2.75, 3.05) is 18.0 Å². The standard InChI is InChI=1S/C16H21N7O/c1-11-12(2)20-15-18-10-19-23(15)13(11)22-7-4-16(24,5-8-22)14-17-6-9-21(14)3/h6,9-10,24H,4-5,7-8H2,1-3H3. The van der Waals surface area contributed by atoms with E-state index in [-0.39, 0.29) is 0 Å². The molecule has 1 aliphatic rings. The van der Waals surface area contributed by atoms with Gasteiger partial charge < -0.3 is 14.6 Å². The van der Waals surface area contributed by atoms with Gasteiger partial charge in [-0.15, -0.1) is 0 Å². The van der Waals surface area contributed by atoms with Crippen LogP contribution in [0.1, 0.15) is 29.9 Å². The summed E-state index contributed by atoms with van der Waals surface area (Å²) in [5, 5.41) is 15.3. The monoisotopic (exact) mass is 327 g/mol. The number of fused-ring (bicyclic) bond motifs is 1. The summed E-state index contributed by atoms with van der Waals surface area (Å²) in [5.41, 5.74) is 1.16. The zero-order chi connectivity index (χ0) is 16.9. The molecule has 126 valence electrons. The molecule has 1 fully saturated rings. The van der Waals surface area contributed by atoms with Crippen LogP contribution in [0.3, 0.4) is 0 Å². The maximum atomic E-state index is 11.0. The Morgan fingerprint density at radius 2 is 1.92 bits per heavy atom. The minimum absolute atomic E-state index is 0.609. The van der Waals surface area contributed by atoms with Gasteiger partial charge in [0.25, 0.3) is 5.78 Å². The molecule has 24 heavy (non-hydrogen) atoms. The molecule has 4 heterocycles. The molecule has 1 aliphatic heterocycles. The van der Waals surface area contributed by atoms with E-state index in [1.807, 2.05) is 24.7 Å². The van der Waals surface area contributed by atoms with Gasteiger partial charge in [-0.2, -0.15) is 14.6 Å². The summed E-state index contributed by atoms with van der Waals surface area (Å²) in [4.78, 5) is 15.3. The van der Waals surface area contributed by atoms with Crippen molar-refractivity contribution in [2.24, 2.45) is 7.05 Å². The van der Waals surface area contributed by atoms with E-state index in [9.17, 15) is 5.11 Å². The Bertz CT molecular complexity index is 889. The molecular formula is C16H21N7O. The first-order chi connectivity index (χ1) is 11.5. The van der Waals surface area contributed by atoms with Gasteiger partial charge >= 0.3 is 0 Å². The Morgan fingerprint density at radius 3 is 2.58 bits per heavy atom. The largest absolute Gasteiger partial charge is 0.382 e. The summed E-state index contributed by atoms with van der Waals surface area (Å²) in [6, 6.07) is 0. The highest BCUT2D eigenvalue weighted by Crippen LogP contribution is 2.34. The number of aliphatic hydroxyl groups is 1. The summed E-state index contributed by atoms with van der Waals surface area (Å²) in [7, 11) is 1.92. The fourth-order valence-corrected chi connectivity index (χ4v) is 3.51. The van der Waals surface area contributed by atoms with Crippen molar-refractivity contribution in [1.82, 2.24) is 29.1 Å². The van der Waals surface area contributed by atoms with Crippen LogP contribution in [0.15, 0.2) is 18.7 Å². The second-order valence-corrected chi connectivity index (χ2v) is 6.50. The van der Waals surface area contributed by atoms with Crippen LogP contribution in [0, 0.1) is 13.8 Å². The van der Waals surface area contributed by atoms with Crippen LogP contribution in [0.4, 0.5) is 5.82 Å². The molecule has 8 nitrogen and oxygen atoms in total. The van der Waals surface area contributed by atoms with Gasteiger partial charge in [-0.05, 0) is 13.8 Å². The van der Waals surface area contributed by atoms with Gasteiger partial charge in [-0.25, -0.2) is 9.97 Å². The lowest BCUT2D eigenvalue weighted by molar-refractivity contribution is 0.000588. The fraction of sp³-hybridized carbons (Fsp3) is 0.500. The molecule has 0 amide bonds. The average molecular weight is 327 g/mol. The molecule has 0 spiro atoms. The van der Waals surface area contributed by atoms with Gasteiger partial charge in [0.05, 0.1) is 0 Å². The lowest BCUT2D eigenvalue weighted by Gasteiger charge is -2.39. The number of anilines is 1. The molecule has 0 unspecified atom stereocenters. The number of nitrogens with zero attached hydrogens (tertiary/aromatic N) is 7. The summed E-state index contributed by atoms with van der Waals surface area (Å²) in [6.07, 6.45) is 6.37. The maximum Gasteiger partial charge on any atom is 0.254 e. The van der Waals surface area contributed by atoms with Crippen LogP contribution in [-0.2, 0) is 12.6 Å². The van der Waals surface area contributed by atoms with E-state index in [1.54, 1.807) is 10.7 Å². The first kappa shape index (κ1) is 15.1. The van der Waals surface area contributed by atoms with Crippen molar-refractivity contribution in [3.05, 3.63) is 35.8 Å². The minimum atomic E-state index is -0.883. The number of hydrogen-bond acceptors (Lipinski definition) is 6. The Kier molecular flexibility index (Phi) is 3.31. The third-order valence-electron chi connectivity index (χ3n) is 5.00. The predicted octanol–water partition coefficient (Wildman–Crippen LogP) is 0.963. The number of rotatable bonds is 2. The molecule has 1 saturated heterocycles. The summed E-state index contributed by atoms with van der Waals surface area (Å²) in [6.45, 7) is 5.49. The molecule has 0 bridgehead atoms. The van der Waals surface area contributed by atoms with Crippen LogP contribution in [-0.4, -0.2) is 47.3 Å². The highest BCUT2D eigenvalue weighted by atomic mass is 16.3. The molecule has 0 aromatic carbocycles. The lowest BCUT2D eigenvalue weighted by atomic mass is 9.90. The molecule has 8 heteroatoms. The summed E-state index contributed by atoms with van der Waals surface area (Å²) >= 11 is 0. The Hall–Kier alpha value is -2.48. The van der Waals surface area contributed by atoms with Crippen LogP contribution >= 0.6 is 0 Å². The normalized spacial score (nSPS) is 17.6. The third-order valence-corrected chi connectivity index (χ3v) is 5.00. The number of hydrogen-bond donors (Lipinski definition) is 1. The zero-order valence-electron chi connectivity index (χ0n) is 14.1. The van der Waals surface area contributed by atoms with Crippen LogP contribution in [0.5, 0.6) is 0 Å². The van der Waals surface area contributed by atoms with Gasteiger partial charge in [0.2, 0.25) is 0 Å². The van der Waals surface area contributed by atoms with Crippen molar-refractivity contribution in [3.8, 4) is 0 Å². The number of aryl methyl sites for hydroxylation is 2. The molecule has 0 atom stereocenters. The molecule has 1 N–H and O–H groups in total. The second-order valence-electron chi connectivity index (χ2n) is 6.50. The predicted molar refractivity (Wildman–Crippen MR) is 88.8 cm³/mol. The smallest absolute Gasteiger partial charge is 0.254 e. The van der Waals surface area contributed by atoms with E-state index >= 15 is 0 Å². The summed E-state index contributed by atoms with van der Waals surface area (Å²) < 4.78 is 3.68. The zero-order valence-corrected chi connectivity index (χ0v) is 14.1. The topological polar surface area (TPSA) is 84.4 Å². The molecular weight excluding hydrogens is 306 g/mol. The first-order valence-corrected chi connectivity index (χ1v) is 8.12. The van der Waals surface area contributed by atoms with E-state index < -0.39 is 5.60 Å². The number of piperidine rings is 1.